The Labute approximate surface area is 66.3 Å². The van der Waals surface area contributed by atoms with Crippen molar-refractivity contribution in [3.8, 4) is 0 Å². The summed E-state index contributed by atoms with van der Waals surface area (Å²) in [6.07, 6.45) is 1.29. The lowest BCUT2D eigenvalue weighted by molar-refractivity contribution is -0.119. The minimum Gasteiger partial charge on any atom is -0.380 e. The summed E-state index contributed by atoms with van der Waals surface area (Å²) in [7, 11) is 1.69. The molecule has 0 saturated carbocycles. The molecular formula is C7H14N2O2. The van der Waals surface area contributed by atoms with Crippen molar-refractivity contribution in [2.45, 2.75) is 12.5 Å². The summed E-state index contributed by atoms with van der Waals surface area (Å²) in [6.45, 7) is 2.11. The van der Waals surface area contributed by atoms with Gasteiger partial charge in [0, 0.05) is 20.2 Å². The largest absolute Gasteiger partial charge is 0.380 e. The number of carbonyl (C=O) groups is 1. The predicted molar refractivity (Wildman–Crippen MR) is 41.0 cm³/mol. The van der Waals surface area contributed by atoms with Crippen molar-refractivity contribution in [2.24, 2.45) is 5.73 Å². The quantitative estimate of drug-likeness (QED) is 0.584. The molecule has 1 amide bonds. The fourth-order valence-electron chi connectivity index (χ4n) is 1.35. The van der Waals surface area contributed by atoms with E-state index in [1.807, 2.05) is 4.90 Å². The lowest BCUT2D eigenvalue weighted by Gasteiger charge is -2.12. The second kappa shape index (κ2) is 3.69. The third-order valence-electron chi connectivity index (χ3n) is 1.94. The van der Waals surface area contributed by atoms with Gasteiger partial charge < -0.3 is 10.5 Å². The number of nitrogens with zero attached hydrogens (tertiary/aromatic N) is 1. The number of primary amides is 1. The summed E-state index contributed by atoms with van der Waals surface area (Å²) in [5.41, 5.74) is 5.04. The average Bonchev–Trinajstić information content (AvgIpc) is 2.34. The number of methoxy groups -OCH3 is 1. The summed E-state index contributed by atoms with van der Waals surface area (Å²) in [5, 5.41) is 0. The SMILES string of the molecule is CO[C@H]1CCN(CC(N)=O)C1. The Kier molecular flexibility index (Phi) is 2.84. The summed E-state index contributed by atoms with van der Waals surface area (Å²) in [4.78, 5) is 12.5. The van der Waals surface area contributed by atoms with Crippen molar-refractivity contribution in [3.63, 3.8) is 0 Å². The van der Waals surface area contributed by atoms with E-state index in [0.717, 1.165) is 19.5 Å². The second-order valence-electron chi connectivity index (χ2n) is 2.85. The van der Waals surface area contributed by atoms with Crippen LogP contribution in [0.25, 0.3) is 0 Å². The number of carbonyl (C=O) groups excluding carboxylic acids is 1. The molecule has 0 aromatic rings. The maximum Gasteiger partial charge on any atom is 0.231 e. The fraction of sp³-hybridized carbons (Fsp3) is 0.857. The van der Waals surface area contributed by atoms with Crippen LogP contribution in [0.2, 0.25) is 0 Å². The van der Waals surface area contributed by atoms with E-state index < -0.39 is 0 Å². The highest BCUT2D eigenvalue weighted by Gasteiger charge is 2.22. The lowest BCUT2D eigenvalue weighted by atomic mass is 10.3. The van der Waals surface area contributed by atoms with Crippen LogP contribution in [0.4, 0.5) is 0 Å². The number of hydrogen-bond donors (Lipinski definition) is 1. The van der Waals surface area contributed by atoms with Crippen LogP contribution in [0.3, 0.4) is 0 Å². The van der Waals surface area contributed by atoms with Crippen molar-refractivity contribution < 1.29 is 9.53 Å². The van der Waals surface area contributed by atoms with Crippen LogP contribution in [-0.4, -0.2) is 43.7 Å². The van der Waals surface area contributed by atoms with Gasteiger partial charge in [0.2, 0.25) is 5.91 Å². The Morgan fingerprint density at radius 3 is 3.00 bits per heavy atom. The van der Waals surface area contributed by atoms with Crippen molar-refractivity contribution in [3.05, 3.63) is 0 Å². The van der Waals surface area contributed by atoms with E-state index in [1.165, 1.54) is 0 Å². The monoisotopic (exact) mass is 158 g/mol. The Morgan fingerprint density at radius 2 is 2.55 bits per heavy atom. The number of amides is 1. The molecule has 1 aliphatic heterocycles. The molecule has 64 valence electrons. The van der Waals surface area contributed by atoms with Crippen molar-refractivity contribution in [1.82, 2.24) is 4.90 Å². The maximum atomic E-state index is 10.5. The summed E-state index contributed by atoms with van der Waals surface area (Å²) in [6, 6.07) is 0. The Bertz CT molecular complexity index is 149. The third-order valence-corrected chi connectivity index (χ3v) is 1.94. The number of ether oxygens (including phenoxy) is 1. The average molecular weight is 158 g/mol. The van der Waals surface area contributed by atoms with Crippen LogP contribution < -0.4 is 5.73 Å². The van der Waals surface area contributed by atoms with E-state index in [0.29, 0.717) is 6.54 Å². The van der Waals surface area contributed by atoms with E-state index in [9.17, 15) is 4.79 Å². The van der Waals surface area contributed by atoms with Crippen molar-refractivity contribution in [1.29, 1.82) is 0 Å². The molecule has 0 spiro atoms. The van der Waals surface area contributed by atoms with Gasteiger partial charge in [0.15, 0.2) is 0 Å². The molecule has 11 heavy (non-hydrogen) atoms. The molecule has 0 aromatic carbocycles. The van der Waals surface area contributed by atoms with Crippen LogP contribution >= 0.6 is 0 Å². The van der Waals surface area contributed by atoms with Gasteiger partial charge in [0.05, 0.1) is 12.6 Å². The molecule has 2 N–H and O–H groups in total. The predicted octanol–water partition coefficient (Wildman–Crippen LogP) is -0.808. The molecule has 1 heterocycles. The number of likely N-dealkylation sites (tertiary alicyclic amines) is 1. The first-order valence-corrected chi connectivity index (χ1v) is 3.76. The molecular weight excluding hydrogens is 144 g/mol. The Hall–Kier alpha value is -0.610. The first-order chi connectivity index (χ1) is 5.22. The topological polar surface area (TPSA) is 55.6 Å². The normalized spacial score (nSPS) is 25.7. The Morgan fingerprint density at radius 1 is 1.82 bits per heavy atom. The highest BCUT2D eigenvalue weighted by Crippen LogP contribution is 2.10. The second-order valence-corrected chi connectivity index (χ2v) is 2.85. The third kappa shape index (κ3) is 2.48. The van der Waals surface area contributed by atoms with Gasteiger partial charge in [-0.1, -0.05) is 0 Å². The van der Waals surface area contributed by atoms with E-state index in [4.69, 9.17) is 10.5 Å². The zero-order valence-corrected chi connectivity index (χ0v) is 6.75. The van der Waals surface area contributed by atoms with Crippen LogP contribution in [0.1, 0.15) is 6.42 Å². The van der Waals surface area contributed by atoms with Gasteiger partial charge in [-0.3, -0.25) is 9.69 Å². The van der Waals surface area contributed by atoms with E-state index in [2.05, 4.69) is 0 Å². The van der Waals surface area contributed by atoms with Crippen LogP contribution in [0.15, 0.2) is 0 Å². The summed E-state index contributed by atoms with van der Waals surface area (Å²) in [5.74, 6) is -0.262. The van der Waals surface area contributed by atoms with Gasteiger partial charge in [-0.15, -0.1) is 0 Å². The van der Waals surface area contributed by atoms with E-state index in [1.54, 1.807) is 7.11 Å². The molecule has 1 aliphatic rings. The molecule has 0 radical (unpaired) electrons. The molecule has 0 aliphatic carbocycles. The molecule has 4 heteroatoms. The van der Waals surface area contributed by atoms with Crippen LogP contribution in [0, 0.1) is 0 Å². The van der Waals surface area contributed by atoms with Gasteiger partial charge >= 0.3 is 0 Å². The number of nitrogens with two attached hydrogens (primary N) is 1. The molecule has 0 unspecified atom stereocenters. The zero-order chi connectivity index (χ0) is 8.27. The molecule has 0 aromatic heterocycles. The number of hydrogen-bond acceptors (Lipinski definition) is 3. The highest BCUT2D eigenvalue weighted by molar-refractivity contribution is 5.75. The first kappa shape index (κ1) is 8.49. The van der Waals surface area contributed by atoms with Crippen LogP contribution in [-0.2, 0) is 9.53 Å². The van der Waals surface area contributed by atoms with Crippen LogP contribution in [0.5, 0.6) is 0 Å². The molecule has 1 saturated heterocycles. The zero-order valence-electron chi connectivity index (χ0n) is 6.75. The van der Waals surface area contributed by atoms with Gasteiger partial charge in [0.25, 0.3) is 0 Å². The summed E-state index contributed by atoms with van der Waals surface area (Å²) >= 11 is 0. The van der Waals surface area contributed by atoms with Crippen molar-refractivity contribution in [2.75, 3.05) is 26.7 Å². The molecule has 4 nitrogen and oxygen atoms in total. The molecule has 1 fully saturated rings. The minimum atomic E-state index is -0.262. The number of rotatable bonds is 3. The highest BCUT2D eigenvalue weighted by atomic mass is 16.5. The fourth-order valence-corrected chi connectivity index (χ4v) is 1.35. The van der Waals surface area contributed by atoms with Gasteiger partial charge in [0.1, 0.15) is 0 Å². The van der Waals surface area contributed by atoms with Gasteiger partial charge in [-0.2, -0.15) is 0 Å². The lowest BCUT2D eigenvalue weighted by Crippen LogP contribution is -2.32. The maximum absolute atomic E-state index is 10.5. The smallest absolute Gasteiger partial charge is 0.231 e. The molecule has 1 rings (SSSR count). The minimum absolute atomic E-state index is 0.262. The Balaban J connectivity index is 2.24. The van der Waals surface area contributed by atoms with Crippen molar-refractivity contribution >= 4 is 5.91 Å². The van der Waals surface area contributed by atoms with E-state index in [-0.39, 0.29) is 12.0 Å². The standard InChI is InChI=1S/C7H14N2O2/c1-11-6-2-3-9(4-6)5-7(8)10/h6H,2-5H2,1H3,(H2,8,10)/t6-/m0/s1. The van der Waals surface area contributed by atoms with Gasteiger partial charge in [-0.25, -0.2) is 0 Å². The summed E-state index contributed by atoms with van der Waals surface area (Å²) < 4.78 is 5.13. The van der Waals surface area contributed by atoms with E-state index >= 15 is 0 Å². The molecule has 1 atom stereocenters. The molecule has 0 bridgehead atoms. The van der Waals surface area contributed by atoms with Gasteiger partial charge in [-0.05, 0) is 6.42 Å². The first-order valence-electron chi connectivity index (χ1n) is 3.76.